The maximum Gasteiger partial charge on any atom is 0.216 e. The van der Waals surface area contributed by atoms with E-state index < -0.39 is 0 Å². The lowest BCUT2D eigenvalue weighted by atomic mass is 10.0. The Balaban J connectivity index is 2.09. The van der Waals surface area contributed by atoms with E-state index in [-0.39, 0.29) is 11.9 Å². The maximum atomic E-state index is 11.3. The molecule has 1 heterocycles. The molecule has 0 saturated carbocycles. The third-order valence-electron chi connectivity index (χ3n) is 4.34. The van der Waals surface area contributed by atoms with Gasteiger partial charge >= 0.3 is 0 Å². The predicted octanol–water partition coefficient (Wildman–Crippen LogP) is 1.51. The van der Waals surface area contributed by atoms with Gasteiger partial charge in [-0.05, 0) is 24.2 Å². The van der Waals surface area contributed by atoms with E-state index in [4.69, 9.17) is 4.74 Å². The van der Waals surface area contributed by atoms with Gasteiger partial charge in [-0.15, -0.1) is 0 Å². The first-order valence-electron chi connectivity index (χ1n) is 7.98. The Morgan fingerprint density at radius 2 is 1.86 bits per heavy atom. The molecular formula is C17H27N3O2. The molecule has 2 rings (SSSR count). The molecule has 1 aromatic carbocycles. The van der Waals surface area contributed by atoms with Crippen molar-refractivity contribution < 1.29 is 9.53 Å². The lowest BCUT2D eigenvalue weighted by Gasteiger charge is -2.39. The first kappa shape index (κ1) is 16.8. The molecule has 1 aliphatic heterocycles. The largest absolute Gasteiger partial charge is 0.497 e. The van der Waals surface area contributed by atoms with Gasteiger partial charge in [0.2, 0.25) is 5.91 Å². The van der Waals surface area contributed by atoms with Crippen molar-refractivity contribution in [2.24, 2.45) is 0 Å². The quantitative estimate of drug-likeness (QED) is 0.865. The van der Waals surface area contributed by atoms with Crippen LogP contribution < -0.4 is 10.1 Å². The third-order valence-corrected chi connectivity index (χ3v) is 4.34. The Kier molecular flexibility index (Phi) is 6.21. The van der Waals surface area contributed by atoms with Crippen LogP contribution in [0.3, 0.4) is 0 Å². The zero-order valence-electron chi connectivity index (χ0n) is 13.8. The Labute approximate surface area is 133 Å². The summed E-state index contributed by atoms with van der Waals surface area (Å²) in [7, 11) is 1.67. The summed E-state index contributed by atoms with van der Waals surface area (Å²) in [6, 6.07) is 8.38. The minimum atomic E-state index is 0.0192. The number of likely N-dealkylation sites (N-methyl/N-ethyl adjacent to an activating group) is 1. The summed E-state index contributed by atoms with van der Waals surface area (Å²) >= 11 is 0. The van der Waals surface area contributed by atoms with E-state index in [2.05, 4.69) is 34.2 Å². The maximum absolute atomic E-state index is 11.3. The van der Waals surface area contributed by atoms with Crippen LogP contribution in [0.5, 0.6) is 5.75 Å². The molecule has 0 spiro atoms. The smallest absolute Gasteiger partial charge is 0.216 e. The van der Waals surface area contributed by atoms with Gasteiger partial charge in [-0.1, -0.05) is 19.1 Å². The molecule has 22 heavy (non-hydrogen) atoms. The van der Waals surface area contributed by atoms with Crippen molar-refractivity contribution in [2.75, 3.05) is 46.4 Å². The zero-order valence-corrected chi connectivity index (χ0v) is 13.8. The highest BCUT2D eigenvalue weighted by molar-refractivity contribution is 5.72. The molecule has 0 bridgehead atoms. The van der Waals surface area contributed by atoms with Gasteiger partial charge in [0.15, 0.2) is 0 Å². The average Bonchev–Trinajstić information content (AvgIpc) is 2.56. The molecular weight excluding hydrogens is 278 g/mol. The number of benzene rings is 1. The first-order chi connectivity index (χ1) is 10.6. The normalized spacial score (nSPS) is 18.0. The van der Waals surface area contributed by atoms with Crippen LogP contribution in [0.2, 0.25) is 0 Å². The van der Waals surface area contributed by atoms with E-state index in [0.29, 0.717) is 6.54 Å². The molecule has 1 aliphatic rings. The van der Waals surface area contributed by atoms with Gasteiger partial charge in [0.1, 0.15) is 5.75 Å². The van der Waals surface area contributed by atoms with Crippen LogP contribution in [0.1, 0.15) is 25.5 Å². The number of nitrogens with zero attached hydrogens (tertiary/aromatic N) is 2. The number of hydrogen-bond acceptors (Lipinski definition) is 4. The van der Waals surface area contributed by atoms with Crippen LogP contribution in [0.25, 0.3) is 0 Å². The van der Waals surface area contributed by atoms with Crippen LogP contribution in [-0.4, -0.2) is 62.1 Å². The number of carbonyl (C=O) groups is 1. The molecule has 5 heteroatoms. The number of amides is 1. The molecule has 1 unspecified atom stereocenters. The number of nitrogens with one attached hydrogen (secondary N) is 1. The van der Waals surface area contributed by atoms with Gasteiger partial charge in [-0.3, -0.25) is 9.69 Å². The van der Waals surface area contributed by atoms with Crippen LogP contribution in [-0.2, 0) is 4.79 Å². The summed E-state index contributed by atoms with van der Waals surface area (Å²) < 4.78 is 5.23. The van der Waals surface area contributed by atoms with Crippen LogP contribution in [0.4, 0.5) is 0 Å². The van der Waals surface area contributed by atoms with Crippen molar-refractivity contribution in [2.45, 2.75) is 19.9 Å². The standard InChI is InChI=1S/C17H27N3O2/c1-4-19-9-11-20(12-10-19)17(13-18-14(2)21)15-5-7-16(22-3)8-6-15/h5-8,17H,4,9-13H2,1-3H3,(H,18,21). The minimum Gasteiger partial charge on any atom is -0.497 e. The number of ether oxygens (including phenoxy) is 1. The molecule has 5 nitrogen and oxygen atoms in total. The number of rotatable bonds is 6. The number of hydrogen-bond donors (Lipinski definition) is 1. The van der Waals surface area contributed by atoms with Gasteiger partial charge in [-0.2, -0.15) is 0 Å². The second-order valence-electron chi connectivity index (χ2n) is 5.70. The fourth-order valence-electron chi connectivity index (χ4n) is 2.92. The summed E-state index contributed by atoms with van der Waals surface area (Å²) in [5.74, 6) is 0.878. The molecule has 1 amide bonds. The molecule has 1 N–H and O–H groups in total. The Morgan fingerprint density at radius 3 is 2.36 bits per heavy atom. The summed E-state index contributed by atoms with van der Waals surface area (Å²) in [5.41, 5.74) is 1.22. The summed E-state index contributed by atoms with van der Waals surface area (Å²) in [6.07, 6.45) is 0. The van der Waals surface area contributed by atoms with Crippen molar-refractivity contribution in [3.05, 3.63) is 29.8 Å². The Morgan fingerprint density at radius 1 is 1.23 bits per heavy atom. The van der Waals surface area contributed by atoms with Crippen LogP contribution in [0.15, 0.2) is 24.3 Å². The molecule has 122 valence electrons. The van der Waals surface area contributed by atoms with E-state index in [1.54, 1.807) is 14.0 Å². The molecule has 0 radical (unpaired) electrons. The number of piperazine rings is 1. The van der Waals surface area contributed by atoms with Gasteiger partial charge in [0, 0.05) is 39.6 Å². The highest BCUT2D eigenvalue weighted by Crippen LogP contribution is 2.24. The van der Waals surface area contributed by atoms with Gasteiger partial charge < -0.3 is 15.0 Å². The minimum absolute atomic E-state index is 0.0192. The molecule has 0 aromatic heterocycles. The predicted molar refractivity (Wildman–Crippen MR) is 88.1 cm³/mol. The SMILES string of the molecule is CCN1CCN(C(CNC(C)=O)c2ccc(OC)cc2)CC1. The van der Waals surface area contributed by atoms with Crippen molar-refractivity contribution in [1.82, 2.24) is 15.1 Å². The van der Waals surface area contributed by atoms with Crippen molar-refractivity contribution in [1.29, 1.82) is 0 Å². The number of methoxy groups -OCH3 is 1. The van der Waals surface area contributed by atoms with Crippen molar-refractivity contribution >= 4 is 5.91 Å². The van der Waals surface area contributed by atoms with E-state index in [9.17, 15) is 4.79 Å². The van der Waals surface area contributed by atoms with E-state index >= 15 is 0 Å². The summed E-state index contributed by atoms with van der Waals surface area (Å²) in [5, 5.41) is 2.97. The van der Waals surface area contributed by atoms with Gasteiger partial charge in [0.25, 0.3) is 0 Å². The van der Waals surface area contributed by atoms with Crippen molar-refractivity contribution in [3.63, 3.8) is 0 Å². The van der Waals surface area contributed by atoms with E-state index in [1.165, 1.54) is 5.56 Å². The lowest BCUT2D eigenvalue weighted by molar-refractivity contribution is -0.119. The topological polar surface area (TPSA) is 44.8 Å². The molecule has 1 fully saturated rings. The lowest BCUT2D eigenvalue weighted by Crippen LogP contribution is -2.49. The van der Waals surface area contributed by atoms with Crippen LogP contribution in [0, 0.1) is 0 Å². The second-order valence-corrected chi connectivity index (χ2v) is 5.70. The third kappa shape index (κ3) is 4.45. The molecule has 1 atom stereocenters. The Hall–Kier alpha value is -1.59. The monoisotopic (exact) mass is 305 g/mol. The van der Waals surface area contributed by atoms with E-state index in [0.717, 1.165) is 38.5 Å². The number of carbonyl (C=O) groups excluding carboxylic acids is 1. The average molecular weight is 305 g/mol. The highest BCUT2D eigenvalue weighted by Gasteiger charge is 2.24. The summed E-state index contributed by atoms with van der Waals surface area (Å²) in [6.45, 7) is 9.76. The second kappa shape index (κ2) is 8.15. The molecule has 0 aliphatic carbocycles. The van der Waals surface area contributed by atoms with Crippen LogP contribution >= 0.6 is 0 Å². The molecule has 1 aromatic rings. The van der Waals surface area contributed by atoms with Gasteiger partial charge in [-0.25, -0.2) is 0 Å². The fraction of sp³-hybridized carbons (Fsp3) is 0.588. The highest BCUT2D eigenvalue weighted by atomic mass is 16.5. The van der Waals surface area contributed by atoms with Gasteiger partial charge in [0.05, 0.1) is 13.2 Å². The Bertz CT molecular complexity index is 467. The van der Waals surface area contributed by atoms with E-state index in [1.807, 2.05) is 12.1 Å². The van der Waals surface area contributed by atoms with Crippen molar-refractivity contribution in [3.8, 4) is 5.75 Å². The first-order valence-corrected chi connectivity index (χ1v) is 7.98. The zero-order chi connectivity index (χ0) is 15.9. The molecule has 1 saturated heterocycles. The summed E-state index contributed by atoms with van der Waals surface area (Å²) in [4.78, 5) is 16.2. The fourth-order valence-corrected chi connectivity index (χ4v) is 2.92.